The summed E-state index contributed by atoms with van der Waals surface area (Å²) in [5, 5.41) is 9.33. The number of anilines is 1. The van der Waals surface area contributed by atoms with Crippen LogP contribution >= 0.6 is 0 Å². The van der Waals surface area contributed by atoms with Gasteiger partial charge in [0, 0.05) is 24.3 Å². The monoisotopic (exact) mass is 221 g/mol. The summed E-state index contributed by atoms with van der Waals surface area (Å²) in [4.78, 5) is 2.35. The average molecular weight is 221 g/mol. The van der Waals surface area contributed by atoms with E-state index in [2.05, 4.69) is 31.7 Å². The molecule has 1 unspecified atom stereocenters. The van der Waals surface area contributed by atoms with E-state index in [1.165, 1.54) is 12.1 Å². The standard InChI is InChI=1S/C14H23NO/c1-4-12(3)10-15(5-2)14-9-7-6-8-13(14)11-16/h6-9,12,16H,4-5,10-11H2,1-3H3. The largest absolute Gasteiger partial charge is 0.392 e. The molecular formula is C14H23NO. The van der Waals surface area contributed by atoms with Crippen molar-refractivity contribution >= 4 is 5.69 Å². The highest BCUT2D eigenvalue weighted by atomic mass is 16.3. The van der Waals surface area contributed by atoms with Crippen molar-refractivity contribution in [3.8, 4) is 0 Å². The molecule has 1 N–H and O–H groups in total. The second-order valence-corrected chi connectivity index (χ2v) is 4.34. The second kappa shape index (κ2) is 6.54. The van der Waals surface area contributed by atoms with E-state index in [0.29, 0.717) is 5.92 Å². The van der Waals surface area contributed by atoms with Gasteiger partial charge in [0.2, 0.25) is 0 Å². The van der Waals surface area contributed by atoms with Crippen molar-refractivity contribution in [3.63, 3.8) is 0 Å². The van der Waals surface area contributed by atoms with Gasteiger partial charge in [0.25, 0.3) is 0 Å². The third kappa shape index (κ3) is 3.24. The van der Waals surface area contributed by atoms with E-state index < -0.39 is 0 Å². The molecule has 1 aromatic carbocycles. The summed E-state index contributed by atoms with van der Waals surface area (Å²) in [6, 6.07) is 8.10. The molecule has 0 aliphatic rings. The lowest BCUT2D eigenvalue weighted by Crippen LogP contribution is -2.28. The number of nitrogens with zero attached hydrogens (tertiary/aromatic N) is 1. The highest BCUT2D eigenvalue weighted by Crippen LogP contribution is 2.21. The average Bonchev–Trinajstić information content (AvgIpc) is 2.35. The fourth-order valence-electron chi connectivity index (χ4n) is 1.86. The molecule has 0 amide bonds. The molecule has 1 rings (SSSR count). The summed E-state index contributed by atoms with van der Waals surface area (Å²) in [5.41, 5.74) is 2.19. The molecule has 2 nitrogen and oxygen atoms in total. The lowest BCUT2D eigenvalue weighted by atomic mass is 10.1. The minimum Gasteiger partial charge on any atom is -0.392 e. The summed E-state index contributed by atoms with van der Waals surface area (Å²) in [6.07, 6.45) is 1.19. The van der Waals surface area contributed by atoms with Crippen molar-refractivity contribution in [1.82, 2.24) is 0 Å². The molecule has 0 saturated carbocycles. The fraction of sp³-hybridized carbons (Fsp3) is 0.571. The first-order valence-corrected chi connectivity index (χ1v) is 6.16. The summed E-state index contributed by atoms with van der Waals surface area (Å²) < 4.78 is 0. The first-order chi connectivity index (χ1) is 7.72. The van der Waals surface area contributed by atoms with E-state index in [9.17, 15) is 5.11 Å². The van der Waals surface area contributed by atoms with Gasteiger partial charge in [-0.05, 0) is 18.9 Å². The van der Waals surface area contributed by atoms with Gasteiger partial charge in [0.15, 0.2) is 0 Å². The van der Waals surface area contributed by atoms with Gasteiger partial charge >= 0.3 is 0 Å². The summed E-state index contributed by atoms with van der Waals surface area (Å²) >= 11 is 0. The van der Waals surface area contributed by atoms with E-state index in [1.54, 1.807) is 0 Å². The minimum atomic E-state index is 0.118. The number of hydrogen-bond donors (Lipinski definition) is 1. The predicted molar refractivity (Wildman–Crippen MR) is 69.7 cm³/mol. The fourth-order valence-corrected chi connectivity index (χ4v) is 1.86. The van der Waals surface area contributed by atoms with Crippen LogP contribution in [0.4, 0.5) is 5.69 Å². The molecular weight excluding hydrogens is 198 g/mol. The molecule has 0 aromatic heterocycles. The van der Waals surface area contributed by atoms with Crippen molar-refractivity contribution in [1.29, 1.82) is 0 Å². The number of para-hydroxylation sites is 1. The zero-order chi connectivity index (χ0) is 12.0. The smallest absolute Gasteiger partial charge is 0.0702 e. The first kappa shape index (κ1) is 13.0. The lowest BCUT2D eigenvalue weighted by molar-refractivity contribution is 0.282. The van der Waals surface area contributed by atoms with Crippen molar-refractivity contribution in [2.75, 3.05) is 18.0 Å². The van der Waals surface area contributed by atoms with E-state index >= 15 is 0 Å². The van der Waals surface area contributed by atoms with Crippen molar-refractivity contribution in [3.05, 3.63) is 29.8 Å². The lowest BCUT2D eigenvalue weighted by Gasteiger charge is -2.28. The maximum Gasteiger partial charge on any atom is 0.0702 e. The third-order valence-corrected chi connectivity index (χ3v) is 3.11. The Morgan fingerprint density at radius 2 is 1.94 bits per heavy atom. The van der Waals surface area contributed by atoms with E-state index in [-0.39, 0.29) is 6.61 Å². The molecule has 0 aliphatic heterocycles. The van der Waals surface area contributed by atoms with Crippen LogP contribution in [-0.2, 0) is 6.61 Å². The number of aliphatic hydroxyl groups excluding tert-OH is 1. The van der Waals surface area contributed by atoms with Gasteiger partial charge in [0.1, 0.15) is 0 Å². The Bertz CT molecular complexity index is 311. The Kier molecular flexibility index (Phi) is 5.33. The number of rotatable bonds is 6. The zero-order valence-electron chi connectivity index (χ0n) is 10.6. The third-order valence-electron chi connectivity index (χ3n) is 3.11. The molecule has 16 heavy (non-hydrogen) atoms. The SMILES string of the molecule is CCC(C)CN(CC)c1ccccc1CO. The molecule has 2 heteroatoms. The molecule has 0 radical (unpaired) electrons. The van der Waals surface area contributed by atoms with Crippen LogP contribution in [0, 0.1) is 5.92 Å². The molecule has 0 fully saturated rings. The molecule has 0 saturated heterocycles. The Morgan fingerprint density at radius 1 is 1.25 bits per heavy atom. The second-order valence-electron chi connectivity index (χ2n) is 4.34. The normalized spacial score (nSPS) is 12.5. The van der Waals surface area contributed by atoms with Crippen molar-refractivity contribution < 1.29 is 5.11 Å². The molecule has 1 atom stereocenters. The Morgan fingerprint density at radius 3 is 2.50 bits per heavy atom. The van der Waals surface area contributed by atoms with E-state index in [1.807, 2.05) is 18.2 Å². The van der Waals surface area contributed by atoms with Gasteiger partial charge in [-0.25, -0.2) is 0 Å². The van der Waals surface area contributed by atoms with Crippen LogP contribution in [0.5, 0.6) is 0 Å². The molecule has 0 heterocycles. The van der Waals surface area contributed by atoms with Crippen LogP contribution in [0.15, 0.2) is 24.3 Å². The van der Waals surface area contributed by atoms with Crippen molar-refractivity contribution in [2.45, 2.75) is 33.8 Å². The highest BCUT2D eigenvalue weighted by Gasteiger charge is 2.11. The zero-order valence-corrected chi connectivity index (χ0v) is 10.6. The van der Waals surface area contributed by atoms with E-state index in [0.717, 1.165) is 18.7 Å². The Balaban J connectivity index is 2.85. The van der Waals surface area contributed by atoms with Gasteiger partial charge < -0.3 is 10.0 Å². The number of hydrogen-bond acceptors (Lipinski definition) is 2. The number of benzene rings is 1. The summed E-state index contributed by atoms with van der Waals surface area (Å²) in [6.45, 7) is 8.82. The van der Waals surface area contributed by atoms with Crippen molar-refractivity contribution in [2.24, 2.45) is 5.92 Å². The van der Waals surface area contributed by atoms with Crippen LogP contribution in [-0.4, -0.2) is 18.2 Å². The van der Waals surface area contributed by atoms with Gasteiger partial charge in [-0.2, -0.15) is 0 Å². The quantitative estimate of drug-likeness (QED) is 0.798. The minimum absolute atomic E-state index is 0.118. The first-order valence-electron chi connectivity index (χ1n) is 6.16. The van der Waals surface area contributed by atoms with Crippen LogP contribution in [0.25, 0.3) is 0 Å². The molecule has 0 aliphatic carbocycles. The van der Waals surface area contributed by atoms with Gasteiger partial charge in [-0.3, -0.25) is 0 Å². The van der Waals surface area contributed by atoms with Crippen LogP contribution in [0.2, 0.25) is 0 Å². The predicted octanol–water partition coefficient (Wildman–Crippen LogP) is 3.05. The highest BCUT2D eigenvalue weighted by molar-refractivity contribution is 5.53. The maximum absolute atomic E-state index is 9.33. The van der Waals surface area contributed by atoms with E-state index in [4.69, 9.17) is 0 Å². The number of aliphatic hydroxyl groups is 1. The van der Waals surface area contributed by atoms with Gasteiger partial charge in [-0.1, -0.05) is 38.5 Å². The molecule has 90 valence electrons. The van der Waals surface area contributed by atoms with Crippen LogP contribution in [0.1, 0.15) is 32.8 Å². The summed E-state index contributed by atoms with van der Waals surface area (Å²) in [5.74, 6) is 0.687. The molecule has 0 bridgehead atoms. The van der Waals surface area contributed by atoms with Crippen LogP contribution in [0.3, 0.4) is 0 Å². The van der Waals surface area contributed by atoms with Crippen LogP contribution < -0.4 is 4.90 Å². The topological polar surface area (TPSA) is 23.5 Å². The molecule has 1 aromatic rings. The van der Waals surface area contributed by atoms with Gasteiger partial charge in [0.05, 0.1) is 6.61 Å². The van der Waals surface area contributed by atoms with Gasteiger partial charge in [-0.15, -0.1) is 0 Å². The maximum atomic E-state index is 9.33. The summed E-state index contributed by atoms with van der Waals surface area (Å²) in [7, 11) is 0. The Labute approximate surface area is 98.9 Å². The molecule has 0 spiro atoms. The Hall–Kier alpha value is -1.02.